The molecule has 0 aliphatic carbocycles. The fourth-order valence-electron chi connectivity index (χ4n) is 7.73. The van der Waals surface area contributed by atoms with Crippen LogP contribution in [-0.4, -0.2) is 129 Å². The molecule has 2 fully saturated rings. The quantitative estimate of drug-likeness (QED) is 0.100. The monoisotopic (exact) mass is 712 g/mol. The van der Waals surface area contributed by atoms with Crippen molar-refractivity contribution in [3.05, 3.63) is 45.5 Å². The molecule has 2 aliphatic rings. The van der Waals surface area contributed by atoms with Crippen molar-refractivity contribution < 1.29 is 30.6 Å². The Morgan fingerprint density at radius 3 is 1.15 bits per heavy atom. The second-order valence-corrected chi connectivity index (χ2v) is 15.0. The molecule has 4 aromatic carbocycles. The zero-order chi connectivity index (χ0) is 37.8. The topological polar surface area (TPSA) is 159 Å². The SMILES string of the molecule is Cc1cc2c(C(C)C)c(O)c(O)c(C=NN3CCN(C)CC3)c2c(O)c1-c1c(C)cc2c(C(C)C)c(O)c(O)c(C=NN3CCN(C)CC3)c2c1O. The van der Waals surface area contributed by atoms with Crippen LogP contribution in [0, 0.1) is 13.8 Å². The molecule has 278 valence electrons. The summed E-state index contributed by atoms with van der Waals surface area (Å²) in [6, 6.07) is 3.72. The van der Waals surface area contributed by atoms with Gasteiger partial charge in [0, 0.05) is 85.4 Å². The molecule has 6 rings (SSSR count). The van der Waals surface area contributed by atoms with Crippen LogP contribution in [-0.2, 0) is 0 Å². The van der Waals surface area contributed by atoms with E-state index in [-0.39, 0.29) is 57.5 Å². The predicted octanol–water partition coefficient (Wildman–Crippen LogP) is 5.92. The van der Waals surface area contributed by atoms with Crippen LogP contribution in [0.2, 0.25) is 0 Å². The molecule has 0 amide bonds. The standard InChI is InChI=1S/C40H52N6O6/c1-21(2)29-25-17-23(5)31(37(49)33(25)27(35(47)39(29)51)19-41-45-13-9-43(7)10-14-45)32-24(6)18-26-30(22(3)4)40(52)36(48)28(34(26)38(32)50)20-42-46-15-11-44(8)12-16-46/h17-22,47-52H,9-16H2,1-8H3. The van der Waals surface area contributed by atoms with Gasteiger partial charge in [0.25, 0.3) is 0 Å². The van der Waals surface area contributed by atoms with Crippen molar-refractivity contribution in [3.63, 3.8) is 0 Å². The van der Waals surface area contributed by atoms with E-state index in [1.165, 1.54) is 12.4 Å². The van der Waals surface area contributed by atoms with E-state index in [2.05, 4.69) is 20.0 Å². The molecule has 12 heteroatoms. The molecular weight excluding hydrogens is 660 g/mol. The largest absolute Gasteiger partial charge is 0.507 e. The zero-order valence-electron chi connectivity index (χ0n) is 31.5. The molecule has 2 aliphatic heterocycles. The van der Waals surface area contributed by atoms with E-state index in [1.54, 1.807) is 0 Å². The molecule has 0 atom stereocenters. The fourth-order valence-corrected chi connectivity index (χ4v) is 7.73. The number of benzene rings is 4. The average Bonchev–Trinajstić information content (AvgIpc) is 3.08. The lowest BCUT2D eigenvalue weighted by Crippen LogP contribution is -2.41. The van der Waals surface area contributed by atoms with E-state index < -0.39 is 0 Å². The first-order valence-corrected chi connectivity index (χ1v) is 18.1. The molecule has 52 heavy (non-hydrogen) atoms. The van der Waals surface area contributed by atoms with Gasteiger partial charge in [-0.1, -0.05) is 39.8 Å². The Balaban J connectivity index is 1.64. The molecule has 12 nitrogen and oxygen atoms in total. The summed E-state index contributed by atoms with van der Waals surface area (Å²) in [6.07, 6.45) is 2.98. The number of nitrogens with zero attached hydrogens (tertiary/aromatic N) is 6. The number of likely N-dealkylation sites (N-methyl/N-ethyl adjacent to an activating group) is 2. The maximum absolute atomic E-state index is 12.4. The van der Waals surface area contributed by atoms with Crippen LogP contribution in [0.15, 0.2) is 22.3 Å². The number of hydrogen-bond acceptors (Lipinski definition) is 12. The lowest BCUT2D eigenvalue weighted by atomic mass is 9.83. The van der Waals surface area contributed by atoms with Gasteiger partial charge in [-0.3, -0.25) is 10.0 Å². The lowest BCUT2D eigenvalue weighted by molar-refractivity contribution is 0.159. The number of hydrazone groups is 2. The third-order valence-electron chi connectivity index (χ3n) is 10.6. The van der Waals surface area contributed by atoms with Crippen LogP contribution < -0.4 is 0 Å². The summed E-state index contributed by atoms with van der Waals surface area (Å²) in [4.78, 5) is 4.41. The minimum Gasteiger partial charge on any atom is -0.507 e. The van der Waals surface area contributed by atoms with E-state index in [1.807, 2.05) is 77.8 Å². The third kappa shape index (κ3) is 6.38. The van der Waals surface area contributed by atoms with E-state index in [0.717, 1.165) is 26.2 Å². The minimum absolute atomic E-state index is 0.164. The summed E-state index contributed by atoms with van der Waals surface area (Å²) in [5.74, 6) is -2.09. The highest BCUT2D eigenvalue weighted by Crippen LogP contribution is 2.54. The van der Waals surface area contributed by atoms with Crippen molar-refractivity contribution in [1.82, 2.24) is 19.8 Å². The number of phenolic OH excluding ortho intramolecular Hbond substituents is 6. The number of phenols is 6. The molecule has 0 saturated carbocycles. The Morgan fingerprint density at radius 1 is 0.519 bits per heavy atom. The van der Waals surface area contributed by atoms with Gasteiger partial charge in [-0.2, -0.15) is 10.2 Å². The summed E-state index contributed by atoms with van der Waals surface area (Å²) < 4.78 is 0. The van der Waals surface area contributed by atoms with E-state index >= 15 is 0 Å². The van der Waals surface area contributed by atoms with Crippen LogP contribution in [0.3, 0.4) is 0 Å². The Morgan fingerprint density at radius 2 is 0.846 bits per heavy atom. The molecule has 6 N–H and O–H groups in total. The van der Waals surface area contributed by atoms with Crippen molar-refractivity contribution >= 4 is 34.0 Å². The van der Waals surface area contributed by atoms with Gasteiger partial charge in [-0.15, -0.1) is 0 Å². The number of piperazine rings is 2. The lowest BCUT2D eigenvalue weighted by Gasteiger charge is -2.30. The summed E-state index contributed by atoms with van der Waals surface area (Å²) in [5.41, 5.74) is 3.20. The van der Waals surface area contributed by atoms with Crippen molar-refractivity contribution in [3.8, 4) is 45.6 Å². The van der Waals surface area contributed by atoms with Gasteiger partial charge in [0.15, 0.2) is 23.0 Å². The molecule has 0 radical (unpaired) electrons. The average molecular weight is 713 g/mol. The van der Waals surface area contributed by atoms with Crippen LogP contribution in [0.4, 0.5) is 0 Å². The molecule has 4 aromatic rings. The summed E-state index contributed by atoms with van der Waals surface area (Å²) in [6.45, 7) is 17.3. The highest BCUT2D eigenvalue weighted by Gasteiger charge is 2.30. The second kappa shape index (κ2) is 14.2. The van der Waals surface area contributed by atoms with E-state index in [4.69, 9.17) is 0 Å². The molecule has 2 saturated heterocycles. The first-order chi connectivity index (χ1) is 24.6. The first-order valence-electron chi connectivity index (χ1n) is 18.1. The highest BCUT2D eigenvalue weighted by atomic mass is 16.3. The second-order valence-electron chi connectivity index (χ2n) is 15.0. The van der Waals surface area contributed by atoms with Crippen LogP contribution in [0.25, 0.3) is 32.7 Å². The molecule has 0 bridgehead atoms. The number of aromatic hydroxyl groups is 6. The Bertz CT molecular complexity index is 1940. The fraction of sp³-hybridized carbons (Fsp3) is 0.450. The van der Waals surface area contributed by atoms with Crippen molar-refractivity contribution in [1.29, 1.82) is 0 Å². The van der Waals surface area contributed by atoms with Gasteiger partial charge in [-0.25, -0.2) is 0 Å². The first kappa shape index (κ1) is 36.8. The zero-order valence-corrected chi connectivity index (χ0v) is 31.5. The molecular formula is C40H52N6O6. The van der Waals surface area contributed by atoms with Gasteiger partial charge in [0.1, 0.15) is 11.5 Å². The van der Waals surface area contributed by atoms with Gasteiger partial charge in [0.05, 0.1) is 23.6 Å². The number of fused-ring (bicyclic) bond motifs is 2. The number of aryl methyl sites for hydroxylation is 2. The molecule has 0 spiro atoms. The van der Waals surface area contributed by atoms with E-state index in [0.29, 0.717) is 81.1 Å². The maximum Gasteiger partial charge on any atom is 0.167 e. The van der Waals surface area contributed by atoms with Crippen molar-refractivity contribution in [2.24, 2.45) is 10.2 Å². The summed E-state index contributed by atoms with van der Waals surface area (Å²) in [7, 11) is 4.10. The van der Waals surface area contributed by atoms with Crippen LogP contribution in [0.5, 0.6) is 34.5 Å². The normalized spacial score (nSPS) is 16.7. The Labute approximate surface area is 305 Å². The summed E-state index contributed by atoms with van der Waals surface area (Å²) >= 11 is 0. The molecule has 2 heterocycles. The van der Waals surface area contributed by atoms with Crippen molar-refractivity contribution in [2.45, 2.75) is 53.4 Å². The van der Waals surface area contributed by atoms with E-state index in [9.17, 15) is 30.6 Å². The highest BCUT2D eigenvalue weighted by molar-refractivity contribution is 6.15. The maximum atomic E-state index is 12.4. The Kier molecular flexibility index (Phi) is 10.1. The van der Waals surface area contributed by atoms with Crippen molar-refractivity contribution in [2.75, 3.05) is 66.5 Å². The van der Waals surface area contributed by atoms with Crippen LogP contribution in [0.1, 0.15) is 72.9 Å². The molecule has 0 unspecified atom stereocenters. The Hall–Kier alpha value is -4.94. The van der Waals surface area contributed by atoms with Crippen LogP contribution >= 0.6 is 0 Å². The molecule has 0 aromatic heterocycles. The number of hydrogen-bond donors (Lipinski definition) is 6. The van der Waals surface area contributed by atoms with Gasteiger partial charge < -0.3 is 40.4 Å². The predicted molar refractivity (Wildman–Crippen MR) is 208 cm³/mol. The minimum atomic E-state index is -0.386. The number of rotatable bonds is 7. The van der Waals surface area contributed by atoms with Gasteiger partial charge >= 0.3 is 0 Å². The van der Waals surface area contributed by atoms with Gasteiger partial charge in [0.2, 0.25) is 0 Å². The smallest absolute Gasteiger partial charge is 0.167 e. The third-order valence-corrected chi connectivity index (χ3v) is 10.6. The van der Waals surface area contributed by atoms with Gasteiger partial charge in [-0.05, 0) is 61.7 Å². The summed E-state index contributed by atoms with van der Waals surface area (Å²) in [5, 5.41) is 85.0.